The maximum absolute atomic E-state index is 12.5. The van der Waals surface area contributed by atoms with Crippen LogP contribution in [0.15, 0.2) is 36.4 Å². The molecule has 2 aromatic carbocycles. The zero-order valence-electron chi connectivity index (χ0n) is 13.6. The Morgan fingerprint density at radius 2 is 1.80 bits per heavy atom. The SMILES string of the molecule is Cc1ccc(C(=O)CN2C(=O)c3cccc([N+](=O)[O-])c3C2=O)cc1C. The minimum absolute atomic E-state index is 0.0490. The van der Waals surface area contributed by atoms with Crippen molar-refractivity contribution >= 4 is 23.3 Å². The largest absolute Gasteiger partial charge is 0.292 e. The highest BCUT2D eigenvalue weighted by Gasteiger charge is 2.41. The van der Waals surface area contributed by atoms with Crippen LogP contribution < -0.4 is 0 Å². The number of nitrogens with zero attached hydrogens (tertiary/aromatic N) is 2. The fourth-order valence-electron chi connectivity index (χ4n) is 2.76. The quantitative estimate of drug-likeness (QED) is 0.369. The second-order valence-electron chi connectivity index (χ2n) is 5.88. The molecule has 0 bridgehead atoms. The van der Waals surface area contributed by atoms with Gasteiger partial charge in [0.05, 0.1) is 17.0 Å². The van der Waals surface area contributed by atoms with Gasteiger partial charge in [-0.1, -0.05) is 18.2 Å². The van der Waals surface area contributed by atoms with Crippen LogP contribution in [0.1, 0.15) is 42.2 Å². The minimum atomic E-state index is -0.815. The molecule has 1 heterocycles. The number of ketones is 1. The number of nitro benzene ring substituents is 1. The third kappa shape index (κ3) is 2.69. The van der Waals surface area contributed by atoms with E-state index in [4.69, 9.17) is 0 Å². The third-order valence-electron chi connectivity index (χ3n) is 4.30. The number of hydrogen-bond acceptors (Lipinski definition) is 5. The molecule has 1 aliphatic rings. The van der Waals surface area contributed by atoms with E-state index in [-0.39, 0.29) is 11.1 Å². The average Bonchev–Trinajstić information content (AvgIpc) is 2.82. The van der Waals surface area contributed by atoms with Gasteiger partial charge in [0.2, 0.25) is 0 Å². The molecule has 0 atom stereocenters. The summed E-state index contributed by atoms with van der Waals surface area (Å²) in [5, 5.41) is 11.1. The molecule has 3 rings (SSSR count). The number of aryl methyl sites for hydroxylation is 2. The number of fused-ring (bicyclic) bond motifs is 1. The molecule has 0 unspecified atom stereocenters. The first-order chi connectivity index (χ1) is 11.8. The van der Waals surface area contributed by atoms with Crippen molar-refractivity contribution in [2.75, 3.05) is 6.54 Å². The van der Waals surface area contributed by atoms with E-state index in [1.54, 1.807) is 18.2 Å². The molecule has 1 aliphatic heterocycles. The maximum Gasteiger partial charge on any atom is 0.282 e. The molecule has 2 amide bonds. The van der Waals surface area contributed by atoms with Gasteiger partial charge in [0, 0.05) is 11.6 Å². The zero-order valence-corrected chi connectivity index (χ0v) is 13.6. The predicted molar refractivity (Wildman–Crippen MR) is 88.7 cm³/mol. The van der Waals surface area contributed by atoms with Crippen molar-refractivity contribution in [3.05, 3.63) is 74.3 Å². The van der Waals surface area contributed by atoms with Gasteiger partial charge < -0.3 is 0 Å². The number of imide groups is 1. The summed E-state index contributed by atoms with van der Waals surface area (Å²) in [7, 11) is 0. The van der Waals surface area contributed by atoms with Crippen molar-refractivity contribution in [2.24, 2.45) is 0 Å². The Morgan fingerprint density at radius 3 is 2.44 bits per heavy atom. The third-order valence-corrected chi connectivity index (χ3v) is 4.30. The highest BCUT2D eigenvalue weighted by atomic mass is 16.6. The van der Waals surface area contributed by atoms with Crippen LogP contribution in [-0.4, -0.2) is 34.0 Å². The Morgan fingerprint density at radius 1 is 1.08 bits per heavy atom. The molecule has 0 aromatic heterocycles. The Balaban J connectivity index is 1.92. The molecule has 126 valence electrons. The summed E-state index contributed by atoms with van der Waals surface area (Å²) in [6, 6.07) is 8.97. The molecule has 2 aromatic rings. The first-order valence-electron chi connectivity index (χ1n) is 7.55. The van der Waals surface area contributed by atoms with E-state index in [0.717, 1.165) is 16.0 Å². The van der Waals surface area contributed by atoms with Crippen LogP contribution in [0.3, 0.4) is 0 Å². The second kappa shape index (κ2) is 5.94. The average molecular weight is 338 g/mol. The highest BCUT2D eigenvalue weighted by Crippen LogP contribution is 2.30. The van der Waals surface area contributed by atoms with Gasteiger partial charge in [0.15, 0.2) is 5.78 Å². The van der Waals surface area contributed by atoms with Crippen molar-refractivity contribution in [2.45, 2.75) is 13.8 Å². The van der Waals surface area contributed by atoms with Gasteiger partial charge >= 0.3 is 0 Å². The summed E-state index contributed by atoms with van der Waals surface area (Å²) < 4.78 is 0. The predicted octanol–water partition coefficient (Wildman–Crippen LogP) is 2.69. The van der Waals surface area contributed by atoms with E-state index in [1.807, 2.05) is 13.8 Å². The maximum atomic E-state index is 12.5. The normalized spacial score (nSPS) is 13.1. The van der Waals surface area contributed by atoms with Gasteiger partial charge in [0.25, 0.3) is 17.5 Å². The summed E-state index contributed by atoms with van der Waals surface area (Å²) in [5.41, 5.74) is 1.58. The number of rotatable bonds is 4. The summed E-state index contributed by atoms with van der Waals surface area (Å²) in [5.74, 6) is -1.91. The van der Waals surface area contributed by atoms with E-state index in [2.05, 4.69) is 0 Å². The summed E-state index contributed by atoms with van der Waals surface area (Å²) in [6.07, 6.45) is 0. The van der Waals surface area contributed by atoms with E-state index in [0.29, 0.717) is 5.56 Å². The number of amides is 2. The lowest BCUT2D eigenvalue weighted by atomic mass is 10.0. The zero-order chi connectivity index (χ0) is 18.3. The minimum Gasteiger partial charge on any atom is -0.292 e. The number of carbonyl (C=O) groups is 3. The standard InChI is InChI=1S/C18H14N2O5/c1-10-6-7-12(8-11(10)2)15(21)9-19-17(22)13-4-3-5-14(20(24)25)16(13)18(19)23/h3-8H,9H2,1-2H3. The molecule has 0 aliphatic carbocycles. The van der Waals surface area contributed by atoms with Gasteiger partial charge in [-0.15, -0.1) is 0 Å². The van der Waals surface area contributed by atoms with Crippen molar-refractivity contribution < 1.29 is 19.3 Å². The lowest BCUT2D eigenvalue weighted by Gasteiger charge is -2.13. The molecular formula is C18H14N2O5. The van der Waals surface area contributed by atoms with Crippen LogP contribution in [0, 0.1) is 24.0 Å². The van der Waals surface area contributed by atoms with Crippen molar-refractivity contribution in [3.63, 3.8) is 0 Å². The Labute approximate surface area is 143 Å². The molecule has 0 spiro atoms. The lowest BCUT2D eigenvalue weighted by Crippen LogP contribution is -2.35. The molecule has 7 nitrogen and oxygen atoms in total. The van der Waals surface area contributed by atoms with Gasteiger partial charge in [-0.3, -0.25) is 29.4 Å². The number of carbonyl (C=O) groups excluding carboxylic acids is 3. The van der Waals surface area contributed by atoms with Crippen LogP contribution in [0.2, 0.25) is 0 Å². The summed E-state index contributed by atoms with van der Waals surface area (Å²) in [6.45, 7) is 3.32. The fraction of sp³-hybridized carbons (Fsp3) is 0.167. The van der Waals surface area contributed by atoms with Crippen LogP contribution in [-0.2, 0) is 0 Å². The van der Waals surface area contributed by atoms with Crippen molar-refractivity contribution in [1.29, 1.82) is 0 Å². The Bertz CT molecular complexity index is 948. The summed E-state index contributed by atoms with van der Waals surface area (Å²) in [4.78, 5) is 48.5. The van der Waals surface area contributed by atoms with Crippen LogP contribution in [0.4, 0.5) is 5.69 Å². The first-order valence-corrected chi connectivity index (χ1v) is 7.55. The van der Waals surface area contributed by atoms with E-state index in [1.165, 1.54) is 18.2 Å². The topological polar surface area (TPSA) is 97.6 Å². The van der Waals surface area contributed by atoms with Crippen molar-refractivity contribution in [3.8, 4) is 0 Å². The molecule has 0 saturated heterocycles. The monoisotopic (exact) mass is 338 g/mol. The van der Waals surface area contributed by atoms with Gasteiger partial charge in [-0.05, 0) is 37.1 Å². The van der Waals surface area contributed by atoms with Crippen LogP contribution >= 0.6 is 0 Å². The number of benzene rings is 2. The summed E-state index contributed by atoms with van der Waals surface area (Å²) >= 11 is 0. The van der Waals surface area contributed by atoms with Crippen LogP contribution in [0.25, 0.3) is 0 Å². The smallest absolute Gasteiger partial charge is 0.282 e. The molecule has 0 N–H and O–H groups in total. The van der Waals surface area contributed by atoms with E-state index < -0.39 is 34.8 Å². The number of hydrogen-bond donors (Lipinski definition) is 0. The molecule has 25 heavy (non-hydrogen) atoms. The molecule has 0 saturated carbocycles. The Hall–Kier alpha value is -3.35. The second-order valence-corrected chi connectivity index (χ2v) is 5.88. The first kappa shape index (κ1) is 16.5. The number of Topliss-reactive ketones (excluding diaryl/α,β-unsaturated/α-hetero) is 1. The van der Waals surface area contributed by atoms with Crippen molar-refractivity contribution in [1.82, 2.24) is 4.90 Å². The van der Waals surface area contributed by atoms with Gasteiger partial charge in [-0.25, -0.2) is 0 Å². The van der Waals surface area contributed by atoms with Crippen LogP contribution in [0.5, 0.6) is 0 Å². The fourth-order valence-corrected chi connectivity index (χ4v) is 2.76. The van der Waals surface area contributed by atoms with Gasteiger partial charge in [-0.2, -0.15) is 0 Å². The molecular weight excluding hydrogens is 324 g/mol. The Kier molecular flexibility index (Phi) is 3.92. The van der Waals surface area contributed by atoms with Gasteiger partial charge in [0.1, 0.15) is 5.56 Å². The lowest BCUT2D eigenvalue weighted by molar-refractivity contribution is -0.385. The molecule has 0 radical (unpaired) electrons. The molecule has 7 heteroatoms. The van der Waals surface area contributed by atoms with E-state index >= 15 is 0 Å². The molecule has 0 fully saturated rings. The highest BCUT2D eigenvalue weighted by molar-refractivity contribution is 6.24. The number of nitro groups is 1. The van der Waals surface area contributed by atoms with E-state index in [9.17, 15) is 24.5 Å².